The molecule has 2 aliphatic carbocycles. The zero-order chi connectivity index (χ0) is 12.6. The van der Waals surface area contributed by atoms with Gasteiger partial charge in [0.1, 0.15) is 17.6 Å². The van der Waals surface area contributed by atoms with Crippen LogP contribution in [0.3, 0.4) is 0 Å². The minimum absolute atomic E-state index is 0.264. The summed E-state index contributed by atoms with van der Waals surface area (Å²) in [6.45, 7) is 0. The van der Waals surface area contributed by atoms with E-state index in [4.69, 9.17) is 15.2 Å². The summed E-state index contributed by atoms with van der Waals surface area (Å²) in [5, 5.41) is 0. The van der Waals surface area contributed by atoms with Crippen LogP contribution in [0.1, 0.15) is 32.1 Å². The average molecular weight is 247 g/mol. The molecule has 0 saturated heterocycles. The van der Waals surface area contributed by atoms with Crippen LogP contribution in [0.2, 0.25) is 0 Å². The van der Waals surface area contributed by atoms with Gasteiger partial charge in [-0.05, 0) is 37.1 Å². The maximum absolute atomic E-state index is 6.21. The fourth-order valence-corrected chi connectivity index (χ4v) is 3.49. The summed E-state index contributed by atoms with van der Waals surface area (Å²) < 4.78 is 11.3. The topological polar surface area (TPSA) is 44.5 Å². The molecule has 1 aromatic carbocycles. The van der Waals surface area contributed by atoms with Crippen LogP contribution in [0.4, 0.5) is 0 Å². The van der Waals surface area contributed by atoms with Crippen molar-refractivity contribution in [3.63, 3.8) is 0 Å². The van der Waals surface area contributed by atoms with Crippen LogP contribution >= 0.6 is 0 Å². The van der Waals surface area contributed by atoms with Crippen molar-refractivity contribution in [3.8, 4) is 11.5 Å². The van der Waals surface area contributed by atoms with Gasteiger partial charge in [0.25, 0.3) is 0 Å². The lowest BCUT2D eigenvalue weighted by Crippen LogP contribution is -2.62. The smallest absolute Gasteiger partial charge is 0.120 e. The van der Waals surface area contributed by atoms with Crippen LogP contribution in [-0.4, -0.2) is 19.3 Å². The van der Waals surface area contributed by atoms with E-state index in [9.17, 15) is 0 Å². The van der Waals surface area contributed by atoms with Crippen LogP contribution in [0, 0.1) is 5.41 Å². The maximum Gasteiger partial charge on any atom is 0.120 e. The molecule has 0 amide bonds. The summed E-state index contributed by atoms with van der Waals surface area (Å²) in [5.74, 6) is 1.79. The molecule has 0 aliphatic heterocycles. The van der Waals surface area contributed by atoms with Gasteiger partial charge in [0.2, 0.25) is 0 Å². The van der Waals surface area contributed by atoms with Gasteiger partial charge in [0.15, 0.2) is 0 Å². The fraction of sp³-hybridized carbons (Fsp3) is 0.600. The zero-order valence-corrected chi connectivity index (χ0v) is 10.9. The molecule has 18 heavy (non-hydrogen) atoms. The normalized spacial score (nSPS) is 29.0. The van der Waals surface area contributed by atoms with Crippen molar-refractivity contribution in [1.29, 1.82) is 0 Å². The Labute approximate surface area is 108 Å². The molecule has 98 valence electrons. The van der Waals surface area contributed by atoms with Crippen LogP contribution in [0.5, 0.6) is 11.5 Å². The Morgan fingerprint density at radius 1 is 1.11 bits per heavy atom. The Hall–Kier alpha value is -1.22. The van der Waals surface area contributed by atoms with Crippen molar-refractivity contribution in [2.24, 2.45) is 11.1 Å². The molecule has 2 unspecified atom stereocenters. The third-order valence-electron chi connectivity index (χ3n) is 4.72. The van der Waals surface area contributed by atoms with Crippen LogP contribution in [-0.2, 0) is 0 Å². The lowest BCUT2D eigenvalue weighted by molar-refractivity contribution is -0.0620. The van der Waals surface area contributed by atoms with E-state index in [0.717, 1.165) is 17.9 Å². The van der Waals surface area contributed by atoms with Gasteiger partial charge in [0, 0.05) is 17.9 Å². The first kappa shape index (κ1) is 11.8. The van der Waals surface area contributed by atoms with Gasteiger partial charge in [-0.25, -0.2) is 0 Å². The quantitative estimate of drug-likeness (QED) is 0.893. The van der Waals surface area contributed by atoms with E-state index in [1.165, 1.54) is 25.7 Å². The Morgan fingerprint density at radius 2 is 1.72 bits per heavy atom. The number of benzene rings is 1. The number of ether oxygens (including phenoxy) is 2. The summed E-state index contributed by atoms with van der Waals surface area (Å²) >= 11 is 0. The SMILES string of the molecule is COc1ccc(OC2CC(N)C23CCCC3)cc1. The van der Waals surface area contributed by atoms with Gasteiger partial charge in [-0.15, -0.1) is 0 Å². The summed E-state index contributed by atoms with van der Waals surface area (Å²) in [7, 11) is 1.67. The minimum Gasteiger partial charge on any atom is -0.497 e. The highest BCUT2D eigenvalue weighted by Gasteiger charge is 2.55. The molecule has 0 aromatic heterocycles. The van der Waals surface area contributed by atoms with Gasteiger partial charge in [-0.2, -0.15) is 0 Å². The molecule has 2 aliphatic rings. The van der Waals surface area contributed by atoms with E-state index in [1.807, 2.05) is 24.3 Å². The predicted octanol–water partition coefficient (Wildman–Crippen LogP) is 2.73. The minimum atomic E-state index is 0.264. The first-order chi connectivity index (χ1) is 8.74. The van der Waals surface area contributed by atoms with Crippen molar-refractivity contribution in [1.82, 2.24) is 0 Å². The molecule has 0 heterocycles. The Bertz CT molecular complexity index is 409. The number of hydrogen-bond acceptors (Lipinski definition) is 3. The average Bonchev–Trinajstić information content (AvgIpc) is 2.92. The molecule has 2 fully saturated rings. The van der Waals surface area contributed by atoms with Gasteiger partial charge in [-0.1, -0.05) is 12.8 Å². The second-order valence-corrected chi connectivity index (χ2v) is 5.56. The summed E-state index contributed by atoms with van der Waals surface area (Å²) in [4.78, 5) is 0. The monoisotopic (exact) mass is 247 g/mol. The Kier molecular flexibility index (Phi) is 2.94. The van der Waals surface area contributed by atoms with Crippen molar-refractivity contribution in [2.45, 2.75) is 44.2 Å². The van der Waals surface area contributed by atoms with E-state index in [-0.39, 0.29) is 5.41 Å². The van der Waals surface area contributed by atoms with Gasteiger partial charge in [0.05, 0.1) is 7.11 Å². The third kappa shape index (κ3) is 1.77. The first-order valence-electron chi connectivity index (χ1n) is 6.81. The van der Waals surface area contributed by atoms with Crippen LogP contribution in [0.15, 0.2) is 24.3 Å². The number of rotatable bonds is 3. The molecular weight excluding hydrogens is 226 g/mol. The standard InChI is InChI=1S/C15H21NO2/c1-17-11-4-6-12(7-5-11)18-14-10-13(16)15(14)8-2-3-9-15/h4-7,13-14H,2-3,8-10,16H2,1H3. The molecule has 3 heteroatoms. The predicted molar refractivity (Wildman–Crippen MR) is 70.9 cm³/mol. The van der Waals surface area contributed by atoms with E-state index in [2.05, 4.69) is 0 Å². The molecule has 2 N–H and O–H groups in total. The molecule has 2 saturated carbocycles. The number of hydrogen-bond donors (Lipinski definition) is 1. The van der Waals surface area contributed by atoms with Crippen molar-refractivity contribution in [2.75, 3.05) is 7.11 Å². The number of nitrogens with two attached hydrogens (primary N) is 1. The summed E-state index contributed by atoms with van der Waals surface area (Å²) in [6.07, 6.45) is 6.37. The van der Waals surface area contributed by atoms with Gasteiger partial charge in [-0.3, -0.25) is 0 Å². The van der Waals surface area contributed by atoms with Crippen molar-refractivity contribution < 1.29 is 9.47 Å². The molecule has 2 atom stereocenters. The van der Waals surface area contributed by atoms with Crippen LogP contribution in [0.25, 0.3) is 0 Å². The fourth-order valence-electron chi connectivity index (χ4n) is 3.49. The molecular formula is C15H21NO2. The van der Waals surface area contributed by atoms with E-state index in [1.54, 1.807) is 7.11 Å². The Balaban J connectivity index is 1.69. The van der Waals surface area contributed by atoms with E-state index < -0.39 is 0 Å². The lowest BCUT2D eigenvalue weighted by atomic mass is 9.61. The zero-order valence-electron chi connectivity index (χ0n) is 10.9. The molecule has 0 bridgehead atoms. The molecule has 0 radical (unpaired) electrons. The third-order valence-corrected chi connectivity index (χ3v) is 4.72. The highest BCUT2D eigenvalue weighted by molar-refractivity contribution is 5.32. The van der Waals surface area contributed by atoms with Crippen molar-refractivity contribution >= 4 is 0 Å². The highest BCUT2D eigenvalue weighted by atomic mass is 16.5. The van der Waals surface area contributed by atoms with Crippen LogP contribution < -0.4 is 15.2 Å². The second kappa shape index (κ2) is 4.47. The molecule has 1 spiro atoms. The Morgan fingerprint density at radius 3 is 2.28 bits per heavy atom. The summed E-state index contributed by atoms with van der Waals surface area (Å²) in [6, 6.07) is 8.17. The van der Waals surface area contributed by atoms with E-state index >= 15 is 0 Å². The second-order valence-electron chi connectivity index (χ2n) is 5.56. The lowest BCUT2D eigenvalue weighted by Gasteiger charge is -2.52. The number of methoxy groups -OCH3 is 1. The molecule has 3 rings (SSSR count). The largest absolute Gasteiger partial charge is 0.497 e. The summed E-state index contributed by atoms with van der Waals surface area (Å²) in [5.41, 5.74) is 6.47. The highest BCUT2D eigenvalue weighted by Crippen LogP contribution is 2.53. The van der Waals surface area contributed by atoms with E-state index in [0.29, 0.717) is 12.1 Å². The van der Waals surface area contributed by atoms with Gasteiger partial charge < -0.3 is 15.2 Å². The molecule has 1 aromatic rings. The maximum atomic E-state index is 6.21. The van der Waals surface area contributed by atoms with Gasteiger partial charge >= 0.3 is 0 Å². The van der Waals surface area contributed by atoms with Crippen molar-refractivity contribution in [3.05, 3.63) is 24.3 Å². The first-order valence-corrected chi connectivity index (χ1v) is 6.81. The molecule has 3 nitrogen and oxygen atoms in total.